The number of rotatable bonds is 12. The molecule has 0 radical (unpaired) electrons. The van der Waals surface area contributed by atoms with Gasteiger partial charge in [0.1, 0.15) is 5.75 Å². The van der Waals surface area contributed by atoms with E-state index in [0.29, 0.717) is 43.5 Å². The molecule has 0 aliphatic heterocycles. The van der Waals surface area contributed by atoms with Gasteiger partial charge in [-0.05, 0) is 121 Å². The summed E-state index contributed by atoms with van der Waals surface area (Å²) in [5, 5.41) is 19.9. The number of aromatic nitrogens is 1. The number of alkyl halides is 3. The Labute approximate surface area is 301 Å². The zero-order valence-electron chi connectivity index (χ0n) is 28.6. The number of benzene rings is 3. The van der Waals surface area contributed by atoms with E-state index in [4.69, 9.17) is 15.6 Å². The highest BCUT2D eigenvalue weighted by molar-refractivity contribution is 5.95. The number of aromatic hydroxyl groups is 1. The topological polar surface area (TPSA) is 146 Å². The summed E-state index contributed by atoms with van der Waals surface area (Å²) in [5.41, 5.74) is 11.3. The predicted molar refractivity (Wildman–Crippen MR) is 193 cm³/mol. The van der Waals surface area contributed by atoms with Crippen LogP contribution in [0.4, 0.5) is 13.2 Å². The van der Waals surface area contributed by atoms with E-state index in [2.05, 4.69) is 16.4 Å². The van der Waals surface area contributed by atoms with Gasteiger partial charge in [0, 0.05) is 43.7 Å². The molecule has 5 rings (SSSR count). The Bertz CT molecular complexity index is 1790. The lowest BCUT2D eigenvalue weighted by atomic mass is 9.82. The molecule has 1 saturated carbocycles. The van der Waals surface area contributed by atoms with Gasteiger partial charge >= 0.3 is 12.1 Å². The maximum absolute atomic E-state index is 13.4. The average Bonchev–Trinajstić information content (AvgIpc) is 3.16. The van der Waals surface area contributed by atoms with Crippen LogP contribution in [0.25, 0.3) is 17.2 Å². The summed E-state index contributed by atoms with van der Waals surface area (Å²) in [7, 11) is 0. The molecule has 1 aliphatic rings. The number of phenols is 1. The van der Waals surface area contributed by atoms with Gasteiger partial charge < -0.3 is 26.2 Å². The third-order valence-electron chi connectivity index (χ3n) is 8.87. The second-order valence-electron chi connectivity index (χ2n) is 12.7. The largest absolute Gasteiger partial charge is 0.508 e. The monoisotopic (exact) mass is 716 g/mol. The van der Waals surface area contributed by atoms with Crippen LogP contribution in [-0.2, 0) is 22.6 Å². The highest BCUT2D eigenvalue weighted by Crippen LogP contribution is 2.28. The zero-order chi connectivity index (χ0) is 37.5. The second-order valence-corrected chi connectivity index (χ2v) is 12.7. The van der Waals surface area contributed by atoms with Gasteiger partial charge in [0.15, 0.2) is 0 Å². The Morgan fingerprint density at radius 3 is 2.17 bits per heavy atom. The highest BCUT2D eigenvalue weighted by Gasteiger charge is 2.38. The number of hydrogen-bond acceptors (Lipinski definition) is 6. The Balaban J connectivity index is 0.000000785. The molecule has 1 heterocycles. The molecule has 1 fully saturated rings. The van der Waals surface area contributed by atoms with Crippen molar-refractivity contribution in [2.45, 2.75) is 44.8 Å². The fourth-order valence-corrected chi connectivity index (χ4v) is 5.86. The SMILES string of the molecule is NCC1CCC(CNC(=O)c2cccc(-c3cccc(CN(CCc4ccc(O)cc4)C(=O)C=Cc4cccnc4)c3)c2)CC1.O=C(O)C(F)(F)F. The van der Waals surface area contributed by atoms with Crippen LogP contribution in [-0.4, -0.2) is 63.7 Å². The van der Waals surface area contributed by atoms with Crippen molar-refractivity contribution in [1.82, 2.24) is 15.2 Å². The van der Waals surface area contributed by atoms with E-state index in [1.807, 2.05) is 71.6 Å². The first-order valence-corrected chi connectivity index (χ1v) is 17.0. The second kappa shape index (κ2) is 19.2. The molecule has 2 amide bonds. The lowest BCUT2D eigenvalue weighted by molar-refractivity contribution is -0.192. The number of phenolic OH excluding ortho intramolecular Hbond substituents is 1. The summed E-state index contributed by atoms with van der Waals surface area (Å²) in [6.07, 6.45) is 6.87. The van der Waals surface area contributed by atoms with Gasteiger partial charge in [-0.2, -0.15) is 13.2 Å². The van der Waals surface area contributed by atoms with Crippen molar-refractivity contribution >= 4 is 23.9 Å². The molecule has 0 unspecified atom stereocenters. The van der Waals surface area contributed by atoms with Crippen molar-refractivity contribution in [1.29, 1.82) is 0 Å². The zero-order valence-corrected chi connectivity index (χ0v) is 28.6. The summed E-state index contributed by atoms with van der Waals surface area (Å²) in [6, 6.07) is 26.6. The number of halogens is 3. The maximum atomic E-state index is 13.4. The van der Waals surface area contributed by atoms with E-state index in [9.17, 15) is 27.9 Å². The van der Waals surface area contributed by atoms with Gasteiger partial charge in [-0.25, -0.2) is 4.79 Å². The third-order valence-corrected chi connectivity index (χ3v) is 8.87. The van der Waals surface area contributed by atoms with Crippen LogP contribution in [0.2, 0.25) is 0 Å². The molecule has 9 nitrogen and oxygen atoms in total. The third kappa shape index (κ3) is 12.7. The van der Waals surface area contributed by atoms with Crippen molar-refractivity contribution in [2.24, 2.45) is 17.6 Å². The molecule has 12 heteroatoms. The number of nitrogens with zero attached hydrogens (tertiary/aromatic N) is 2. The molecule has 274 valence electrons. The molecule has 52 heavy (non-hydrogen) atoms. The maximum Gasteiger partial charge on any atom is 0.490 e. The van der Waals surface area contributed by atoms with Gasteiger partial charge in [0.05, 0.1) is 0 Å². The number of amides is 2. The number of nitrogens with two attached hydrogens (primary N) is 1. The fraction of sp³-hybridized carbons (Fsp3) is 0.300. The van der Waals surface area contributed by atoms with Crippen LogP contribution in [0.5, 0.6) is 5.75 Å². The summed E-state index contributed by atoms with van der Waals surface area (Å²) in [6.45, 7) is 2.38. The van der Waals surface area contributed by atoms with Crippen LogP contribution in [0.3, 0.4) is 0 Å². The summed E-state index contributed by atoms with van der Waals surface area (Å²) >= 11 is 0. The van der Waals surface area contributed by atoms with Crippen LogP contribution in [0, 0.1) is 11.8 Å². The molecule has 1 aromatic heterocycles. The minimum Gasteiger partial charge on any atom is -0.508 e. The lowest BCUT2D eigenvalue weighted by Gasteiger charge is -2.27. The summed E-state index contributed by atoms with van der Waals surface area (Å²) in [5.74, 6) is -1.56. The van der Waals surface area contributed by atoms with E-state index < -0.39 is 12.1 Å². The fourth-order valence-electron chi connectivity index (χ4n) is 5.86. The van der Waals surface area contributed by atoms with Crippen molar-refractivity contribution in [3.05, 3.63) is 126 Å². The van der Waals surface area contributed by atoms with Crippen LogP contribution in [0.15, 0.2) is 103 Å². The van der Waals surface area contributed by atoms with E-state index in [-0.39, 0.29) is 17.6 Å². The van der Waals surface area contributed by atoms with Crippen molar-refractivity contribution in [3.8, 4) is 16.9 Å². The van der Waals surface area contributed by atoms with Crippen LogP contribution >= 0.6 is 0 Å². The van der Waals surface area contributed by atoms with Gasteiger partial charge in [-0.15, -0.1) is 0 Å². The molecule has 3 aromatic carbocycles. The molecule has 0 atom stereocenters. The molecule has 4 aromatic rings. The lowest BCUT2D eigenvalue weighted by Crippen LogP contribution is -2.32. The predicted octanol–water partition coefficient (Wildman–Crippen LogP) is 6.87. The summed E-state index contributed by atoms with van der Waals surface area (Å²) < 4.78 is 31.7. The van der Waals surface area contributed by atoms with E-state index in [1.165, 1.54) is 0 Å². The standard InChI is InChI=1S/C38H42N4O3.C2HF3O2/c39-24-29-9-11-31(12-10-29)26-41-38(45)35-8-2-7-34(23-35)33-6-1-4-32(22-33)27-42(21-19-28-13-16-36(43)17-14-28)37(44)18-15-30-5-3-20-40-25-30;3-2(4,5)1(6)7/h1-8,13-18,20,22-23,25,29,31,43H,9-12,19,21,24,26-27,39H2,(H,41,45);(H,6,7). The average molecular weight is 717 g/mol. The number of carbonyl (C=O) groups excluding carboxylic acids is 2. The van der Waals surface area contributed by atoms with Crippen LogP contribution in [0.1, 0.15) is 52.7 Å². The Morgan fingerprint density at radius 1 is 0.885 bits per heavy atom. The number of carbonyl (C=O) groups is 3. The van der Waals surface area contributed by atoms with Crippen molar-refractivity contribution in [3.63, 3.8) is 0 Å². The van der Waals surface area contributed by atoms with Crippen molar-refractivity contribution in [2.75, 3.05) is 19.6 Å². The molecule has 5 N–H and O–H groups in total. The Morgan fingerprint density at radius 2 is 1.54 bits per heavy atom. The Hall–Kier alpha value is -5.49. The first-order valence-electron chi connectivity index (χ1n) is 17.0. The number of carboxylic acid groups (broad SMARTS) is 1. The number of carboxylic acids is 1. The van der Waals surface area contributed by atoms with E-state index in [0.717, 1.165) is 60.0 Å². The van der Waals surface area contributed by atoms with Gasteiger partial charge in [0.25, 0.3) is 5.91 Å². The molecular weight excluding hydrogens is 673 g/mol. The highest BCUT2D eigenvalue weighted by atomic mass is 19.4. The smallest absolute Gasteiger partial charge is 0.490 e. The Kier molecular flexibility index (Phi) is 14.5. The van der Waals surface area contributed by atoms with E-state index >= 15 is 0 Å². The molecular formula is C40H43F3N4O5. The van der Waals surface area contributed by atoms with Crippen molar-refractivity contribution < 1.29 is 37.8 Å². The minimum absolute atomic E-state index is 0.0552. The first kappa shape index (κ1) is 39.3. The minimum atomic E-state index is -5.08. The van der Waals surface area contributed by atoms with Crippen LogP contribution < -0.4 is 11.1 Å². The molecule has 1 aliphatic carbocycles. The van der Waals surface area contributed by atoms with Gasteiger partial charge in [0.2, 0.25) is 5.91 Å². The molecule has 0 bridgehead atoms. The molecule has 0 spiro atoms. The number of hydrogen-bond donors (Lipinski definition) is 4. The van der Waals surface area contributed by atoms with Gasteiger partial charge in [-0.3, -0.25) is 14.6 Å². The normalized spacial score (nSPS) is 15.7. The molecule has 0 saturated heterocycles. The summed E-state index contributed by atoms with van der Waals surface area (Å²) in [4.78, 5) is 41.3. The number of aliphatic carboxylic acids is 1. The number of nitrogens with one attached hydrogen (secondary N) is 1. The first-order chi connectivity index (χ1) is 24.9. The number of pyridine rings is 1. The quantitative estimate of drug-likeness (QED) is 0.117. The van der Waals surface area contributed by atoms with E-state index in [1.54, 1.807) is 36.7 Å². The van der Waals surface area contributed by atoms with Gasteiger partial charge in [-0.1, -0.05) is 48.5 Å².